The van der Waals surface area contributed by atoms with E-state index < -0.39 is 0 Å². The Kier molecular flexibility index (Phi) is 6.97. The molecule has 5 nitrogen and oxygen atoms in total. The lowest BCUT2D eigenvalue weighted by Crippen LogP contribution is -2.00. The Labute approximate surface area is 313 Å². The highest BCUT2D eigenvalue weighted by molar-refractivity contribution is 7.21. The molecule has 0 N–H and O–H groups in total. The molecule has 0 atom stereocenters. The fraction of sp³-hybridized carbons (Fsp3) is 0. The highest BCUT2D eigenvalue weighted by Crippen LogP contribution is 2.42. The van der Waals surface area contributed by atoms with Gasteiger partial charge in [-0.2, -0.15) is 0 Å². The van der Waals surface area contributed by atoms with Crippen LogP contribution < -0.4 is 0 Å². The van der Waals surface area contributed by atoms with Crippen LogP contribution in [0.15, 0.2) is 174 Å². The van der Waals surface area contributed by atoms with Crippen LogP contribution in [0.5, 0.6) is 0 Å². The molecule has 0 saturated carbocycles. The Morgan fingerprint density at radius 2 is 0.981 bits per heavy atom. The van der Waals surface area contributed by atoms with Gasteiger partial charge in [-0.1, -0.05) is 146 Å². The maximum absolute atomic E-state index is 6.49. The van der Waals surface area contributed by atoms with Gasteiger partial charge in [0.15, 0.2) is 17.5 Å². The van der Waals surface area contributed by atoms with E-state index in [1.807, 2.05) is 12.1 Å². The Balaban J connectivity index is 1.12. The Hall–Kier alpha value is -7.02. The fourth-order valence-electron chi connectivity index (χ4n) is 7.52. The van der Waals surface area contributed by atoms with E-state index in [1.165, 1.54) is 0 Å². The molecular formula is C48H28N4OS. The molecule has 11 aromatic rings. The second kappa shape index (κ2) is 12.3. The van der Waals surface area contributed by atoms with Gasteiger partial charge in [0.1, 0.15) is 16.2 Å². The molecule has 0 aliphatic heterocycles. The van der Waals surface area contributed by atoms with E-state index in [1.54, 1.807) is 11.3 Å². The summed E-state index contributed by atoms with van der Waals surface area (Å²) in [5, 5.41) is 7.44. The third-order valence-electron chi connectivity index (χ3n) is 10.2. The predicted molar refractivity (Wildman–Crippen MR) is 222 cm³/mol. The van der Waals surface area contributed by atoms with Crippen molar-refractivity contribution in [2.75, 3.05) is 0 Å². The monoisotopic (exact) mass is 708 g/mol. The molecule has 0 bridgehead atoms. The van der Waals surface area contributed by atoms with Gasteiger partial charge in [0.25, 0.3) is 0 Å². The molecule has 0 aliphatic carbocycles. The Bertz CT molecular complexity index is 3200. The average molecular weight is 709 g/mol. The number of rotatable bonds is 5. The smallest absolute Gasteiger partial charge is 0.164 e. The van der Waals surface area contributed by atoms with Gasteiger partial charge < -0.3 is 4.42 Å². The maximum Gasteiger partial charge on any atom is 0.164 e. The molecule has 3 aromatic heterocycles. The predicted octanol–water partition coefficient (Wildman–Crippen LogP) is 13.0. The van der Waals surface area contributed by atoms with Crippen LogP contribution in [0, 0.1) is 0 Å². The van der Waals surface area contributed by atoms with Gasteiger partial charge >= 0.3 is 0 Å². The quantitative estimate of drug-likeness (QED) is 0.178. The number of aromatic nitrogens is 4. The summed E-state index contributed by atoms with van der Waals surface area (Å²) >= 11 is 1.70. The number of benzene rings is 8. The highest BCUT2D eigenvalue weighted by Gasteiger charge is 2.19. The van der Waals surface area contributed by atoms with E-state index in [0.717, 1.165) is 92.1 Å². The van der Waals surface area contributed by atoms with Gasteiger partial charge in [-0.3, -0.25) is 0 Å². The summed E-state index contributed by atoms with van der Waals surface area (Å²) in [6, 6.07) is 58.7. The van der Waals surface area contributed by atoms with Crippen molar-refractivity contribution >= 4 is 65.0 Å². The van der Waals surface area contributed by atoms with E-state index in [4.69, 9.17) is 24.4 Å². The first-order valence-corrected chi connectivity index (χ1v) is 18.7. The van der Waals surface area contributed by atoms with Crippen molar-refractivity contribution in [3.63, 3.8) is 0 Å². The van der Waals surface area contributed by atoms with Crippen LogP contribution in [-0.4, -0.2) is 19.9 Å². The van der Waals surface area contributed by atoms with Gasteiger partial charge in [0, 0.05) is 27.6 Å². The van der Waals surface area contributed by atoms with Crippen molar-refractivity contribution in [2.45, 2.75) is 0 Å². The molecule has 3 heterocycles. The lowest BCUT2D eigenvalue weighted by atomic mass is 10.0. The summed E-state index contributed by atoms with van der Waals surface area (Å²) in [5.41, 5.74) is 8.78. The van der Waals surface area contributed by atoms with Crippen molar-refractivity contribution in [1.29, 1.82) is 0 Å². The van der Waals surface area contributed by atoms with Crippen LogP contribution in [0.4, 0.5) is 0 Å². The molecule has 0 fully saturated rings. The van der Waals surface area contributed by atoms with Crippen LogP contribution in [0.2, 0.25) is 0 Å². The van der Waals surface area contributed by atoms with Crippen molar-refractivity contribution in [2.24, 2.45) is 0 Å². The molecule has 0 aliphatic rings. The first-order valence-electron chi connectivity index (χ1n) is 17.9. The van der Waals surface area contributed by atoms with Crippen LogP contribution >= 0.6 is 11.3 Å². The van der Waals surface area contributed by atoms with Crippen molar-refractivity contribution < 1.29 is 4.42 Å². The summed E-state index contributed by atoms with van der Waals surface area (Å²) in [5.74, 6) is 1.85. The number of fused-ring (bicyclic) bond motifs is 8. The minimum absolute atomic E-state index is 0.604. The van der Waals surface area contributed by atoms with E-state index in [-0.39, 0.29) is 0 Å². The number of furan rings is 1. The van der Waals surface area contributed by atoms with E-state index in [2.05, 4.69) is 158 Å². The number of hydrogen-bond acceptors (Lipinski definition) is 6. The van der Waals surface area contributed by atoms with Crippen molar-refractivity contribution in [1.82, 2.24) is 19.9 Å². The van der Waals surface area contributed by atoms with Crippen LogP contribution in [0.25, 0.3) is 110 Å². The van der Waals surface area contributed by atoms with Crippen LogP contribution in [0.1, 0.15) is 0 Å². The number of thiazole rings is 1. The van der Waals surface area contributed by atoms with Crippen LogP contribution in [-0.2, 0) is 0 Å². The van der Waals surface area contributed by atoms with Gasteiger partial charge in [-0.15, -0.1) is 11.3 Å². The van der Waals surface area contributed by atoms with E-state index in [0.29, 0.717) is 17.5 Å². The summed E-state index contributed by atoms with van der Waals surface area (Å²) in [4.78, 5) is 20.6. The minimum atomic E-state index is 0.604. The molecule has 11 rings (SSSR count). The molecule has 54 heavy (non-hydrogen) atoms. The average Bonchev–Trinajstić information content (AvgIpc) is 3.86. The maximum atomic E-state index is 6.49. The summed E-state index contributed by atoms with van der Waals surface area (Å²) < 4.78 is 7.61. The lowest BCUT2D eigenvalue weighted by Gasteiger charge is -2.11. The highest BCUT2D eigenvalue weighted by atomic mass is 32.1. The normalized spacial score (nSPS) is 11.7. The van der Waals surface area contributed by atoms with Crippen LogP contribution in [0.3, 0.4) is 0 Å². The molecule has 0 radical (unpaired) electrons. The minimum Gasteiger partial charge on any atom is -0.456 e. The lowest BCUT2D eigenvalue weighted by molar-refractivity contribution is 0.669. The molecule has 8 aromatic carbocycles. The largest absolute Gasteiger partial charge is 0.456 e. The molecular weight excluding hydrogens is 681 g/mol. The van der Waals surface area contributed by atoms with Crippen molar-refractivity contribution in [3.8, 4) is 55.9 Å². The van der Waals surface area contributed by atoms with Gasteiger partial charge in [-0.25, -0.2) is 19.9 Å². The molecule has 252 valence electrons. The van der Waals surface area contributed by atoms with E-state index >= 15 is 0 Å². The molecule has 6 heteroatoms. The second-order valence-corrected chi connectivity index (χ2v) is 14.5. The molecule has 0 unspecified atom stereocenters. The Morgan fingerprint density at radius 1 is 0.389 bits per heavy atom. The third kappa shape index (κ3) is 5.07. The third-order valence-corrected chi connectivity index (χ3v) is 11.2. The van der Waals surface area contributed by atoms with Gasteiger partial charge in [-0.05, 0) is 56.9 Å². The molecule has 0 saturated heterocycles. The van der Waals surface area contributed by atoms with Gasteiger partial charge in [0.05, 0.1) is 15.6 Å². The zero-order chi connectivity index (χ0) is 35.6. The SMILES string of the molecule is c1ccc(-c2ccc(-c3nc(-c4ccc5ccc6oc7ccc8sc(-c9ccccc9)nc8c7c6c5c4)nc(-c4cccc5ccccc45)n3)cc2)cc1. The summed E-state index contributed by atoms with van der Waals surface area (Å²) in [6.07, 6.45) is 0. The zero-order valence-corrected chi connectivity index (χ0v) is 29.6. The Morgan fingerprint density at radius 3 is 1.81 bits per heavy atom. The van der Waals surface area contributed by atoms with E-state index in [9.17, 15) is 0 Å². The van der Waals surface area contributed by atoms with Crippen molar-refractivity contribution in [3.05, 3.63) is 170 Å². The number of hydrogen-bond donors (Lipinski definition) is 0. The number of nitrogens with zero attached hydrogens (tertiary/aromatic N) is 4. The molecule has 0 spiro atoms. The first kappa shape index (κ1) is 30.6. The second-order valence-electron chi connectivity index (χ2n) is 13.4. The standard InChI is InChI=1S/C48H28N4OS/c1-3-10-29(11-4-1)30-18-21-33(22-19-30)45-50-46(52-47(51-45)37-17-9-15-31-12-7-8-16-36(31)37)35-23-20-32-24-25-39-42(38(32)28-35)43-40(53-39)26-27-41-44(43)49-48(54-41)34-13-5-2-6-14-34/h1-28H. The summed E-state index contributed by atoms with van der Waals surface area (Å²) in [7, 11) is 0. The summed E-state index contributed by atoms with van der Waals surface area (Å²) in [6.45, 7) is 0. The topological polar surface area (TPSA) is 64.7 Å². The zero-order valence-electron chi connectivity index (χ0n) is 28.8. The van der Waals surface area contributed by atoms with Gasteiger partial charge in [0.2, 0.25) is 0 Å². The molecule has 0 amide bonds. The fourth-order valence-corrected chi connectivity index (χ4v) is 8.50. The first-order chi connectivity index (χ1) is 26.7.